The maximum Gasteiger partial charge on any atom is 0.253 e. The highest BCUT2D eigenvalue weighted by molar-refractivity contribution is 6.02. The summed E-state index contributed by atoms with van der Waals surface area (Å²) in [7, 11) is 4.06. The van der Waals surface area contributed by atoms with Crippen molar-refractivity contribution in [1.29, 1.82) is 0 Å². The summed E-state index contributed by atoms with van der Waals surface area (Å²) in [5.41, 5.74) is 2.31. The topological polar surface area (TPSA) is 64.7 Å². The van der Waals surface area contributed by atoms with Crippen LogP contribution < -0.4 is 15.5 Å². The average Bonchev–Trinajstić information content (AvgIpc) is 3.19. The van der Waals surface area contributed by atoms with Crippen LogP contribution in [0.25, 0.3) is 0 Å². The molecular formula is C22H36N4O2. The van der Waals surface area contributed by atoms with Gasteiger partial charge in [0.05, 0.1) is 5.56 Å². The van der Waals surface area contributed by atoms with Gasteiger partial charge in [-0.2, -0.15) is 0 Å². The molecule has 0 aromatic heterocycles. The molecule has 0 unspecified atom stereocenters. The van der Waals surface area contributed by atoms with E-state index in [0.717, 1.165) is 63.8 Å². The Kier molecular flexibility index (Phi) is 9.28. The third kappa shape index (κ3) is 7.15. The van der Waals surface area contributed by atoms with Crippen molar-refractivity contribution in [2.24, 2.45) is 0 Å². The summed E-state index contributed by atoms with van der Waals surface area (Å²) >= 11 is 0. The summed E-state index contributed by atoms with van der Waals surface area (Å²) in [5.74, 6) is -0.0533. The Morgan fingerprint density at radius 3 is 2.54 bits per heavy atom. The highest BCUT2D eigenvalue weighted by atomic mass is 16.2. The van der Waals surface area contributed by atoms with Crippen LogP contribution in [0.3, 0.4) is 0 Å². The molecule has 0 atom stereocenters. The van der Waals surface area contributed by atoms with Gasteiger partial charge in [-0.3, -0.25) is 9.59 Å². The molecule has 28 heavy (non-hydrogen) atoms. The molecule has 0 saturated carbocycles. The van der Waals surface area contributed by atoms with Crippen LogP contribution in [-0.2, 0) is 4.79 Å². The molecule has 2 amide bonds. The predicted octanol–water partition coefficient (Wildman–Crippen LogP) is 3.49. The van der Waals surface area contributed by atoms with E-state index >= 15 is 0 Å². The molecule has 0 radical (unpaired) electrons. The maximum atomic E-state index is 12.9. The summed E-state index contributed by atoms with van der Waals surface area (Å²) in [4.78, 5) is 29.4. The SMILES string of the molecule is CCCCCC(=O)Nc1ccc(N2CCCC2)c(C(=O)NCCCN(C)C)c1. The van der Waals surface area contributed by atoms with Gasteiger partial charge in [0.2, 0.25) is 5.91 Å². The molecule has 1 aromatic carbocycles. The van der Waals surface area contributed by atoms with Crippen molar-refractivity contribution in [1.82, 2.24) is 10.2 Å². The van der Waals surface area contributed by atoms with Gasteiger partial charge in [0.15, 0.2) is 0 Å². The van der Waals surface area contributed by atoms with Crippen molar-refractivity contribution in [2.75, 3.05) is 50.5 Å². The largest absolute Gasteiger partial charge is 0.371 e. The maximum absolute atomic E-state index is 12.9. The first kappa shape index (κ1) is 22.2. The lowest BCUT2D eigenvalue weighted by Crippen LogP contribution is -2.29. The zero-order chi connectivity index (χ0) is 20.4. The molecule has 1 fully saturated rings. The van der Waals surface area contributed by atoms with Crippen molar-refractivity contribution in [3.8, 4) is 0 Å². The lowest BCUT2D eigenvalue weighted by molar-refractivity contribution is -0.116. The number of nitrogens with one attached hydrogen (secondary N) is 2. The molecule has 6 nitrogen and oxygen atoms in total. The van der Waals surface area contributed by atoms with E-state index in [1.165, 1.54) is 0 Å². The number of benzene rings is 1. The number of carbonyl (C=O) groups excluding carboxylic acids is 2. The zero-order valence-electron chi connectivity index (χ0n) is 17.7. The Hall–Kier alpha value is -2.08. The van der Waals surface area contributed by atoms with E-state index in [1.54, 1.807) is 0 Å². The van der Waals surface area contributed by atoms with Crippen LogP contribution in [-0.4, -0.2) is 57.0 Å². The second kappa shape index (κ2) is 11.7. The van der Waals surface area contributed by atoms with Crippen LogP contribution in [0.5, 0.6) is 0 Å². The molecule has 1 saturated heterocycles. The van der Waals surface area contributed by atoms with Gasteiger partial charge in [0, 0.05) is 37.4 Å². The fourth-order valence-corrected chi connectivity index (χ4v) is 3.48. The summed E-state index contributed by atoms with van der Waals surface area (Å²) in [6, 6.07) is 5.71. The van der Waals surface area contributed by atoms with E-state index in [1.807, 2.05) is 32.3 Å². The fraction of sp³-hybridized carbons (Fsp3) is 0.636. The second-order valence-electron chi connectivity index (χ2n) is 7.84. The number of nitrogens with zero attached hydrogens (tertiary/aromatic N) is 2. The van der Waals surface area contributed by atoms with E-state index in [-0.39, 0.29) is 11.8 Å². The number of rotatable bonds is 11. The summed E-state index contributed by atoms with van der Waals surface area (Å²) in [6.45, 7) is 5.66. The predicted molar refractivity (Wildman–Crippen MR) is 116 cm³/mol. The molecule has 2 rings (SSSR count). The highest BCUT2D eigenvalue weighted by Gasteiger charge is 2.20. The first-order chi connectivity index (χ1) is 13.5. The molecule has 1 aliphatic heterocycles. The highest BCUT2D eigenvalue weighted by Crippen LogP contribution is 2.27. The molecule has 1 heterocycles. The summed E-state index contributed by atoms with van der Waals surface area (Å²) < 4.78 is 0. The molecule has 0 aliphatic carbocycles. The molecule has 6 heteroatoms. The van der Waals surface area contributed by atoms with E-state index in [0.29, 0.717) is 24.2 Å². The average molecular weight is 389 g/mol. The number of hydrogen-bond acceptors (Lipinski definition) is 4. The first-order valence-electron chi connectivity index (χ1n) is 10.6. The van der Waals surface area contributed by atoms with Crippen molar-refractivity contribution in [3.63, 3.8) is 0 Å². The molecule has 0 bridgehead atoms. The van der Waals surface area contributed by atoms with Crippen LogP contribution in [0, 0.1) is 0 Å². The Labute approximate surface area is 169 Å². The minimum absolute atomic E-state index is 0.0136. The summed E-state index contributed by atoms with van der Waals surface area (Å²) in [5, 5.41) is 5.99. The normalized spacial score (nSPS) is 13.8. The van der Waals surface area contributed by atoms with Gasteiger partial charge in [0.25, 0.3) is 5.91 Å². The van der Waals surface area contributed by atoms with Crippen molar-refractivity contribution in [2.45, 2.75) is 51.9 Å². The number of anilines is 2. The zero-order valence-corrected chi connectivity index (χ0v) is 17.7. The van der Waals surface area contributed by atoms with Crippen molar-refractivity contribution < 1.29 is 9.59 Å². The van der Waals surface area contributed by atoms with Gasteiger partial charge < -0.3 is 20.4 Å². The third-order valence-electron chi connectivity index (χ3n) is 5.05. The van der Waals surface area contributed by atoms with Gasteiger partial charge in [-0.05, 0) is 64.5 Å². The Morgan fingerprint density at radius 1 is 1.11 bits per heavy atom. The Bertz CT molecular complexity index is 639. The number of unbranched alkanes of at least 4 members (excludes halogenated alkanes) is 2. The van der Waals surface area contributed by atoms with Crippen LogP contribution in [0.1, 0.15) is 62.2 Å². The van der Waals surface area contributed by atoms with Gasteiger partial charge >= 0.3 is 0 Å². The van der Waals surface area contributed by atoms with E-state index in [9.17, 15) is 9.59 Å². The monoisotopic (exact) mass is 388 g/mol. The van der Waals surface area contributed by atoms with Crippen molar-refractivity contribution in [3.05, 3.63) is 23.8 Å². The van der Waals surface area contributed by atoms with E-state index < -0.39 is 0 Å². The lowest BCUT2D eigenvalue weighted by Gasteiger charge is -2.22. The van der Waals surface area contributed by atoms with Crippen LogP contribution in [0.15, 0.2) is 18.2 Å². The Morgan fingerprint density at radius 2 is 1.86 bits per heavy atom. The standard InChI is InChI=1S/C22H36N4O2/c1-4-5-6-10-21(27)24-18-11-12-20(26-15-7-8-16-26)19(17-18)22(28)23-13-9-14-25(2)3/h11-12,17H,4-10,13-16H2,1-3H3,(H,23,28)(H,24,27). The van der Waals surface area contributed by atoms with E-state index in [4.69, 9.17) is 0 Å². The number of hydrogen-bond donors (Lipinski definition) is 2. The Balaban J connectivity index is 2.07. The van der Waals surface area contributed by atoms with Gasteiger partial charge in [0.1, 0.15) is 0 Å². The fourth-order valence-electron chi connectivity index (χ4n) is 3.48. The number of carbonyl (C=O) groups is 2. The number of amides is 2. The second-order valence-corrected chi connectivity index (χ2v) is 7.84. The summed E-state index contributed by atoms with van der Waals surface area (Å²) in [6.07, 6.45) is 6.78. The first-order valence-corrected chi connectivity index (χ1v) is 10.6. The minimum Gasteiger partial charge on any atom is -0.371 e. The minimum atomic E-state index is -0.0669. The molecule has 156 valence electrons. The van der Waals surface area contributed by atoms with Crippen LogP contribution >= 0.6 is 0 Å². The molecule has 0 spiro atoms. The van der Waals surface area contributed by atoms with Crippen LogP contribution in [0.2, 0.25) is 0 Å². The van der Waals surface area contributed by atoms with Gasteiger partial charge in [-0.25, -0.2) is 0 Å². The van der Waals surface area contributed by atoms with Crippen LogP contribution in [0.4, 0.5) is 11.4 Å². The molecule has 2 N–H and O–H groups in total. The smallest absolute Gasteiger partial charge is 0.253 e. The van der Waals surface area contributed by atoms with Crippen molar-refractivity contribution >= 4 is 23.2 Å². The molecule has 1 aliphatic rings. The van der Waals surface area contributed by atoms with E-state index in [2.05, 4.69) is 27.4 Å². The lowest BCUT2D eigenvalue weighted by atomic mass is 10.1. The van der Waals surface area contributed by atoms with Gasteiger partial charge in [-0.1, -0.05) is 19.8 Å². The molecular weight excluding hydrogens is 352 g/mol. The molecule has 1 aromatic rings. The third-order valence-corrected chi connectivity index (χ3v) is 5.05. The quantitative estimate of drug-likeness (QED) is 0.570. The van der Waals surface area contributed by atoms with Gasteiger partial charge in [-0.15, -0.1) is 0 Å².